The molecule has 0 atom stereocenters. The molecule has 0 unspecified atom stereocenters. The normalized spacial score (nSPS) is 10.8. The van der Waals surface area contributed by atoms with E-state index in [1.54, 1.807) is 6.20 Å². The van der Waals surface area contributed by atoms with E-state index in [1.165, 1.54) is 5.56 Å². The molecule has 0 aliphatic rings. The Bertz CT molecular complexity index is 251. The van der Waals surface area contributed by atoms with Crippen LogP contribution in [0.2, 0.25) is 0 Å². The molecule has 0 spiro atoms. The number of halogens is 1. The fraction of sp³-hybridized carbons (Fsp3) is 0.200. The Kier molecular flexibility index (Phi) is 3.68. The van der Waals surface area contributed by atoms with Crippen molar-refractivity contribution in [2.45, 2.75) is 12.3 Å². The van der Waals surface area contributed by atoms with E-state index in [2.05, 4.69) is 12.1 Å². The summed E-state index contributed by atoms with van der Waals surface area (Å²) in [5, 5.41) is 0. The van der Waals surface area contributed by atoms with Crippen LogP contribution in [-0.2, 0) is 12.3 Å². The van der Waals surface area contributed by atoms with E-state index in [4.69, 9.17) is 17.3 Å². The molecule has 2 heteroatoms. The molecule has 1 aromatic carbocycles. The molecule has 0 saturated heterocycles. The van der Waals surface area contributed by atoms with Crippen molar-refractivity contribution in [1.82, 2.24) is 0 Å². The molecule has 0 aliphatic heterocycles. The van der Waals surface area contributed by atoms with Crippen molar-refractivity contribution in [3.8, 4) is 0 Å². The molecule has 64 valence electrons. The lowest BCUT2D eigenvalue weighted by atomic mass is 10.1. The van der Waals surface area contributed by atoms with Gasteiger partial charge in [-0.3, -0.25) is 0 Å². The summed E-state index contributed by atoms with van der Waals surface area (Å²) in [4.78, 5) is 0. The molecule has 1 nitrogen and oxygen atoms in total. The van der Waals surface area contributed by atoms with Crippen LogP contribution in [-0.4, -0.2) is 0 Å². The summed E-state index contributed by atoms with van der Waals surface area (Å²) in [7, 11) is 0. The van der Waals surface area contributed by atoms with Crippen LogP contribution in [0.1, 0.15) is 11.1 Å². The fourth-order valence-electron chi connectivity index (χ4n) is 0.969. The lowest BCUT2D eigenvalue weighted by molar-refractivity contribution is 1.24. The van der Waals surface area contributed by atoms with Crippen molar-refractivity contribution in [2.75, 3.05) is 0 Å². The van der Waals surface area contributed by atoms with E-state index in [9.17, 15) is 0 Å². The zero-order valence-electron chi connectivity index (χ0n) is 6.83. The number of nitrogens with two attached hydrogens (primary N) is 1. The van der Waals surface area contributed by atoms with Crippen LogP contribution >= 0.6 is 11.6 Å². The first-order valence-electron chi connectivity index (χ1n) is 3.87. The molecule has 0 heterocycles. The lowest BCUT2D eigenvalue weighted by Crippen LogP contribution is -1.84. The number of rotatable bonds is 3. The van der Waals surface area contributed by atoms with E-state index in [0.29, 0.717) is 5.88 Å². The van der Waals surface area contributed by atoms with Crippen LogP contribution in [0.25, 0.3) is 0 Å². The molecular weight excluding hydrogens is 170 g/mol. The van der Waals surface area contributed by atoms with Gasteiger partial charge in [0.2, 0.25) is 0 Å². The van der Waals surface area contributed by atoms with Gasteiger partial charge in [0, 0.05) is 5.88 Å². The Morgan fingerprint density at radius 3 is 2.25 bits per heavy atom. The highest BCUT2D eigenvalue weighted by Crippen LogP contribution is 2.07. The monoisotopic (exact) mass is 181 g/mol. The second-order valence-corrected chi connectivity index (χ2v) is 2.85. The van der Waals surface area contributed by atoms with Gasteiger partial charge in [-0.1, -0.05) is 30.3 Å². The van der Waals surface area contributed by atoms with Gasteiger partial charge < -0.3 is 5.73 Å². The molecule has 12 heavy (non-hydrogen) atoms. The predicted molar refractivity (Wildman–Crippen MR) is 53.0 cm³/mol. The zero-order valence-corrected chi connectivity index (χ0v) is 7.59. The Morgan fingerprint density at radius 2 is 1.75 bits per heavy atom. The maximum atomic E-state index is 5.65. The van der Waals surface area contributed by atoms with Crippen LogP contribution in [0, 0.1) is 0 Å². The van der Waals surface area contributed by atoms with E-state index in [1.807, 2.05) is 18.2 Å². The molecule has 0 amide bonds. The predicted octanol–water partition coefficient (Wildman–Crippen LogP) is 2.44. The minimum absolute atomic E-state index is 0.576. The summed E-state index contributed by atoms with van der Waals surface area (Å²) in [6, 6.07) is 8.20. The first-order chi connectivity index (χ1) is 5.86. The molecule has 0 aliphatic carbocycles. The van der Waals surface area contributed by atoms with E-state index in [0.717, 1.165) is 12.0 Å². The molecule has 0 fully saturated rings. The zero-order chi connectivity index (χ0) is 8.81. The molecule has 0 radical (unpaired) electrons. The van der Waals surface area contributed by atoms with Crippen molar-refractivity contribution in [1.29, 1.82) is 0 Å². The van der Waals surface area contributed by atoms with Crippen molar-refractivity contribution < 1.29 is 0 Å². The maximum absolute atomic E-state index is 5.65. The van der Waals surface area contributed by atoms with Crippen LogP contribution < -0.4 is 5.73 Å². The van der Waals surface area contributed by atoms with Gasteiger partial charge in [-0.25, -0.2) is 0 Å². The van der Waals surface area contributed by atoms with Gasteiger partial charge in [0.25, 0.3) is 0 Å². The van der Waals surface area contributed by atoms with Crippen LogP contribution in [0.4, 0.5) is 0 Å². The number of allylic oxidation sites excluding steroid dienone is 1. The highest BCUT2D eigenvalue weighted by molar-refractivity contribution is 6.17. The standard InChI is InChI=1S/C10H12ClN/c11-8-10-5-3-9(4-6-10)2-1-7-12/h1,3-7H,2,8,12H2. The van der Waals surface area contributed by atoms with Gasteiger partial charge in [-0.2, -0.15) is 0 Å². The van der Waals surface area contributed by atoms with Gasteiger partial charge in [-0.05, 0) is 23.7 Å². The molecule has 0 aromatic heterocycles. The average molecular weight is 182 g/mol. The van der Waals surface area contributed by atoms with E-state index >= 15 is 0 Å². The highest BCUT2D eigenvalue weighted by atomic mass is 35.5. The molecule has 1 aromatic rings. The van der Waals surface area contributed by atoms with Gasteiger partial charge in [0.15, 0.2) is 0 Å². The summed E-state index contributed by atoms with van der Waals surface area (Å²) in [6.45, 7) is 0. The molecule has 1 rings (SSSR count). The smallest absolute Gasteiger partial charge is 0.0474 e. The fourth-order valence-corrected chi connectivity index (χ4v) is 1.15. The van der Waals surface area contributed by atoms with Gasteiger partial charge in [-0.15, -0.1) is 11.6 Å². The largest absolute Gasteiger partial charge is 0.405 e. The maximum Gasteiger partial charge on any atom is 0.0474 e. The quantitative estimate of drug-likeness (QED) is 0.713. The van der Waals surface area contributed by atoms with E-state index < -0.39 is 0 Å². The van der Waals surface area contributed by atoms with Crippen molar-refractivity contribution >= 4 is 11.6 Å². The first kappa shape index (κ1) is 9.14. The number of hydrogen-bond donors (Lipinski definition) is 1. The summed E-state index contributed by atoms with van der Waals surface area (Å²) in [5.74, 6) is 0.576. The third kappa shape index (κ3) is 2.59. The minimum Gasteiger partial charge on any atom is -0.405 e. The van der Waals surface area contributed by atoms with E-state index in [-0.39, 0.29) is 0 Å². The Morgan fingerprint density at radius 1 is 1.17 bits per heavy atom. The van der Waals surface area contributed by atoms with Crippen LogP contribution in [0.15, 0.2) is 36.5 Å². The first-order valence-corrected chi connectivity index (χ1v) is 4.41. The number of hydrogen-bond acceptors (Lipinski definition) is 1. The molecular formula is C10H12ClN. The molecule has 0 bridgehead atoms. The van der Waals surface area contributed by atoms with Crippen LogP contribution in [0.5, 0.6) is 0 Å². The molecule has 0 saturated carbocycles. The summed E-state index contributed by atoms with van der Waals surface area (Å²) in [6.07, 6.45) is 4.38. The minimum atomic E-state index is 0.576. The van der Waals surface area contributed by atoms with Crippen molar-refractivity contribution in [3.05, 3.63) is 47.7 Å². The third-order valence-corrected chi connectivity index (χ3v) is 1.98. The second kappa shape index (κ2) is 4.83. The Balaban J connectivity index is 2.64. The average Bonchev–Trinajstić information content (AvgIpc) is 2.15. The topological polar surface area (TPSA) is 26.0 Å². The van der Waals surface area contributed by atoms with Crippen molar-refractivity contribution in [2.24, 2.45) is 5.73 Å². The number of benzene rings is 1. The SMILES string of the molecule is NC=CCc1ccc(CCl)cc1. The summed E-state index contributed by atoms with van der Waals surface area (Å²) in [5.41, 5.74) is 7.64. The summed E-state index contributed by atoms with van der Waals surface area (Å²) < 4.78 is 0. The molecule has 2 N–H and O–H groups in total. The number of alkyl halides is 1. The second-order valence-electron chi connectivity index (χ2n) is 2.58. The van der Waals surface area contributed by atoms with Crippen LogP contribution in [0.3, 0.4) is 0 Å². The Labute approximate surface area is 77.8 Å². The van der Waals surface area contributed by atoms with Gasteiger partial charge in [0.1, 0.15) is 0 Å². The summed E-state index contributed by atoms with van der Waals surface area (Å²) >= 11 is 5.65. The third-order valence-electron chi connectivity index (χ3n) is 1.67. The lowest BCUT2D eigenvalue weighted by Gasteiger charge is -1.97. The van der Waals surface area contributed by atoms with Crippen molar-refractivity contribution in [3.63, 3.8) is 0 Å². The van der Waals surface area contributed by atoms with Gasteiger partial charge >= 0.3 is 0 Å². The Hall–Kier alpha value is -0.950. The highest BCUT2D eigenvalue weighted by Gasteiger charge is 1.90. The van der Waals surface area contributed by atoms with Gasteiger partial charge in [0.05, 0.1) is 0 Å².